The van der Waals surface area contributed by atoms with Gasteiger partial charge in [0.05, 0.1) is 6.10 Å². The van der Waals surface area contributed by atoms with Crippen LogP contribution in [0.3, 0.4) is 0 Å². The number of guanidine groups is 1. The first-order chi connectivity index (χ1) is 9.68. The van der Waals surface area contributed by atoms with E-state index in [2.05, 4.69) is 23.7 Å². The van der Waals surface area contributed by atoms with Gasteiger partial charge in [0.25, 0.3) is 0 Å². The van der Waals surface area contributed by atoms with Gasteiger partial charge >= 0.3 is 0 Å². The van der Waals surface area contributed by atoms with Crippen molar-refractivity contribution >= 4 is 5.96 Å². The van der Waals surface area contributed by atoms with Crippen LogP contribution in [0, 0.1) is 11.8 Å². The Balaban J connectivity index is 1.88. The number of aliphatic imine (C=N–C) groups is 1. The maximum absolute atomic E-state index is 6.19. The van der Waals surface area contributed by atoms with Gasteiger partial charge in [-0.05, 0) is 31.6 Å². The average molecular weight is 281 g/mol. The third kappa shape index (κ3) is 4.37. The molecule has 2 atom stereocenters. The van der Waals surface area contributed by atoms with Crippen LogP contribution in [-0.2, 0) is 4.74 Å². The van der Waals surface area contributed by atoms with Crippen molar-refractivity contribution in [1.82, 2.24) is 4.90 Å². The molecule has 2 rings (SSSR count). The third-order valence-corrected chi connectivity index (χ3v) is 4.57. The number of hydrogen-bond donors (Lipinski definition) is 1. The molecule has 0 saturated carbocycles. The molecular weight excluding hydrogens is 250 g/mol. The quantitative estimate of drug-likeness (QED) is 0.639. The van der Waals surface area contributed by atoms with E-state index in [1.54, 1.807) is 0 Å². The Bertz CT molecular complexity index is 309. The maximum atomic E-state index is 6.19. The monoisotopic (exact) mass is 281 g/mol. The first kappa shape index (κ1) is 15.6. The summed E-state index contributed by atoms with van der Waals surface area (Å²) >= 11 is 0. The zero-order valence-electron chi connectivity index (χ0n) is 13.2. The zero-order chi connectivity index (χ0) is 14.4. The van der Waals surface area contributed by atoms with Gasteiger partial charge in [0.15, 0.2) is 5.96 Å². The summed E-state index contributed by atoms with van der Waals surface area (Å²) in [7, 11) is 0. The Labute approximate surface area is 123 Å². The molecule has 2 N–H and O–H groups in total. The Kier molecular flexibility index (Phi) is 6.14. The molecule has 2 saturated heterocycles. The van der Waals surface area contributed by atoms with Crippen LogP contribution in [0.2, 0.25) is 0 Å². The highest BCUT2D eigenvalue weighted by molar-refractivity contribution is 5.78. The van der Waals surface area contributed by atoms with Gasteiger partial charge in [-0.15, -0.1) is 0 Å². The van der Waals surface area contributed by atoms with Gasteiger partial charge in [0.1, 0.15) is 0 Å². The molecule has 4 heteroatoms. The van der Waals surface area contributed by atoms with E-state index in [4.69, 9.17) is 10.5 Å². The Morgan fingerprint density at radius 2 is 1.90 bits per heavy atom. The van der Waals surface area contributed by atoms with Crippen molar-refractivity contribution in [2.75, 3.05) is 26.2 Å². The number of nitrogens with two attached hydrogens (primary N) is 1. The smallest absolute Gasteiger partial charge is 0.191 e. The second-order valence-electron chi connectivity index (χ2n) is 6.58. The lowest BCUT2D eigenvalue weighted by Crippen LogP contribution is -2.40. The molecule has 2 fully saturated rings. The highest BCUT2D eigenvalue weighted by Crippen LogP contribution is 2.26. The molecule has 0 aromatic heterocycles. The van der Waals surface area contributed by atoms with E-state index in [-0.39, 0.29) is 0 Å². The summed E-state index contributed by atoms with van der Waals surface area (Å²) in [4.78, 5) is 6.95. The van der Waals surface area contributed by atoms with E-state index in [1.807, 2.05) is 0 Å². The van der Waals surface area contributed by atoms with E-state index in [9.17, 15) is 0 Å². The van der Waals surface area contributed by atoms with Gasteiger partial charge < -0.3 is 15.4 Å². The normalized spacial score (nSPS) is 29.6. The summed E-state index contributed by atoms with van der Waals surface area (Å²) in [5.74, 6) is 1.85. The van der Waals surface area contributed by atoms with Crippen LogP contribution in [0.15, 0.2) is 4.99 Å². The summed E-state index contributed by atoms with van der Waals surface area (Å²) in [6, 6.07) is 0. The minimum atomic E-state index is 0.351. The van der Waals surface area contributed by atoms with Crippen LogP contribution >= 0.6 is 0 Å². The average Bonchev–Trinajstić information content (AvgIpc) is 2.74. The van der Waals surface area contributed by atoms with Crippen molar-refractivity contribution < 1.29 is 4.74 Å². The number of likely N-dealkylation sites (tertiary alicyclic amines) is 1. The topological polar surface area (TPSA) is 50.9 Å². The minimum absolute atomic E-state index is 0.351. The lowest BCUT2D eigenvalue weighted by Gasteiger charge is -2.33. The molecular formula is C16H31N3O. The van der Waals surface area contributed by atoms with Crippen LogP contribution in [0.25, 0.3) is 0 Å². The molecule has 2 aliphatic rings. The summed E-state index contributed by atoms with van der Waals surface area (Å²) in [6.07, 6.45) is 7.89. The first-order valence-corrected chi connectivity index (χ1v) is 8.35. The lowest BCUT2D eigenvalue weighted by molar-refractivity contribution is -0.0491. The van der Waals surface area contributed by atoms with Crippen LogP contribution in [0.5, 0.6) is 0 Å². The van der Waals surface area contributed by atoms with Crippen LogP contribution in [0.4, 0.5) is 0 Å². The van der Waals surface area contributed by atoms with Crippen molar-refractivity contribution in [3.63, 3.8) is 0 Å². The first-order valence-electron chi connectivity index (χ1n) is 8.35. The summed E-state index contributed by atoms with van der Waals surface area (Å²) < 4.78 is 5.93. The highest BCUT2D eigenvalue weighted by atomic mass is 16.5. The number of hydrogen-bond acceptors (Lipinski definition) is 2. The Morgan fingerprint density at radius 1 is 1.20 bits per heavy atom. The van der Waals surface area contributed by atoms with Crippen LogP contribution < -0.4 is 5.73 Å². The largest absolute Gasteiger partial charge is 0.378 e. The second kappa shape index (κ2) is 7.87. The molecule has 2 heterocycles. The minimum Gasteiger partial charge on any atom is -0.378 e. The summed E-state index contributed by atoms with van der Waals surface area (Å²) in [5, 5.41) is 0. The van der Waals surface area contributed by atoms with Crippen LogP contribution in [0.1, 0.15) is 52.4 Å². The second-order valence-corrected chi connectivity index (χ2v) is 6.58. The van der Waals surface area contributed by atoms with Crippen molar-refractivity contribution in [3.8, 4) is 0 Å². The molecule has 0 aromatic rings. The highest BCUT2D eigenvalue weighted by Gasteiger charge is 2.28. The van der Waals surface area contributed by atoms with E-state index in [0.717, 1.165) is 38.6 Å². The summed E-state index contributed by atoms with van der Waals surface area (Å²) in [5.41, 5.74) is 6.19. The summed E-state index contributed by atoms with van der Waals surface area (Å²) in [6.45, 7) is 8.36. The van der Waals surface area contributed by atoms with Crippen molar-refractivity contribution in [2.45, 2.75) is 58.5 Å². The maximum Gasteiger partial charge on any atom is 0.191 e. The van der Waals surface area contributed by atoms with Crippen molar-refractivity contribution in [1.29, 1.82) is 0 Å². The lowest BCUT2D eigenvalue weighted by atomic mass is 9.87. The molecule has 0 amide bonds. The molecule has 0 spiro atoms. The number of nitrogens with zero attached hydrogens (tertiary/aromatic N) is 2. The molecule has 0 radical (unpaired) electrons. The number of rotatable bonds is 3. The predicted molar refractivity (Wildman–Crippen MR) is 83.8 cm³/mol. The van der Waals surface area contributed by atoms with E-state index >= 15 is 0 Å². The standard InChI is InChI=1S/C16H31N3O/c1-13(2)15-14(8-7-11-20-15)12-18-16(17)19-9-5-3-4-6-10-19/h13-15H,3-12H2,1-2H3,(H2,17,18). The number of ether oxygens (including phenoxy) is 1. The fourth-order valence-electron chi connectivity index (χ4n) is 3.41. The molecule has 2 unspecified atom stereocenters. The van der Waals surface area contributed by atoms with Gasteiger partial charge in [-0.1, -0.05) is 26.7 Å². The molecule has 0 bridgehead atoms. The molecule has 0 aromatic carbocycles. The van der Waals surface area contributed by atoms with E-state index in [1.165, 1.54) is 32.1 Å². The molecule has 0 aliphatic carbocycles. The SMILES string of the molecule is CC(C)C1OCCCC1CN=C(N)N1CCCCCC1. The van der Waals surface area contributed by atoms with Crippen molar-refractivity contribution in [2.24, 2.45) is 22.6 Å². The van der Waals surface area contributed by atoms with Crippen LogP contribution in [-0.4, -0.2) is 43.2 Å². The fourth-order valence-corrected chi connectivity index (χ4v) is 3.41. The van der Waals surface area contributed by atoms with E-state index in [0.29, 0.717) is 17.9 Å². The van der Waals surface area contributed by atoms with E-state index < -0.39 is 0 Å². The molecule has 116 valence electrons. The zero-order valence-corrected chi connectivity index (χ0v) is 13.2. The Hall–Kier alpha value is -0.770. The molecule has 2 aliphatic heterocycles. The van der Waals surface area contributed by atoms with Gasteiger partial charge in [-0.25, -0.2) is 0 Å². The van der Waals surface area contributed by atoms with Crippen molar-refractivity contribution in [3.05, 3.63) is 0 Å². The third-order valence-electron chi connectivity index (χ3n) is 4.57. The van der Waals surface area contributed by atoms with Gasteiger partial charge in [0, 0.05) is 32.2 Å². The molecule has 20 heavy (non-hydrogen) atoms. The fraction of sp³-hybridized carbons (Fsp3) is 0.938. The molecule has 4 nitrogen and oxygen atoms in total. The predicted octanol–water partition coefficient (Wildman–Crippen LogP) is 2.63. The van der Waals surface area contributed by atoms with Gasteiger partial charge in [-0.2, -0.15) is 0 Å². The van der Waals surface area contributed by atoms with Gasteiger partial charge in [0.2, 0.25) is 0 Å². The Morgan fingerprint density at radius 3 is 2.55 bits per heavy atom. The van der Waals surface area contributed by atoms with Gasteiger partial charge in [-0.3, -0.25) is 4.99 Å².